The van der Waals surface area contributed by atoms with Crippen molar-refractivity contribution in [1.82, 2.24) is 25.4 Å². The smallest absolute Gasteiger partial charge is 0.291 e. The number of anilines is 1. The van der Waals surface area contributed by atoms with Gasteiger partial charge in [-0.3, -0.25) is 14.7 Å². The maximum Gasteiger partial charge on any atom is 0.291 e. The van der Waals surface area contributed by atoms with E-state index in [1.54, 1.807) is 4.90 Å². The molecular formula is C9H14N6O2. The summed E-state index contributed by atoms with van der Waals surface area (Å²) in [6.45, 7) is 2.53. The summed E-state index contributed by atoms with van der Waals surface area (Å²) in [5.41, 5.74) is 5.33. The molecule has 0 radical (unpaired) electrons. The van der Waals surface area contributed by atoms with E-state index in [0.717, 1.165) is 6.42 Å². The van der Waals surface area contributed by atoms with Crippen molar-refractivity contribution < 1.29 is 9.59 Å². The van der Waals surface area contributed by atoms with E-state index in [4.69, 9.17) is 5.73 Å². The first-order chi connectivity index (χ1) is 8.06. The molecule has 2 rings (SSSR count). The SMILES string of the molecule is CC(=O)NC1CCN(C(=O)c2nc(N)n[nH]2)C1. The van der Waals surface area contributed by atoms with Crippen LogP contribution in [0.15, 0.2) is 0 Å². The third-order valence-corrected chi connectivity index (χ3v) is 2.59. The van der Waals surface area contributed by atoms with Crippen LogP contribution in [0.25, 0.3) is 0 Å². The molecule has 0 aromatic carbocycles. The summed E-state index contributed by atoms with van der Waals surface area (Å²) in [5.74, 6) is -0.160. The summed E-state index contributed by atoms with van der Waals surface area (Å²) in [5, 5.41) is 8.85. The number of amides is 2. The van der Waals surface area contributed by atoms with Crippen LogP contribution in [0.5, 0.6) is 0 Å². The van der Waals surface area contributed by atoms with Gasteiger partial charge in [0.15, 0.2) is 0 Å². The lowest BCUT2D eigenvalue weighted by molar-refractivity contribution is -0.119. The molecule has 1 aliphatic rings. The predicted octanol–water partition coefficient (Wildman–Crippen LogP) is -1.26. The van der Waals surface area contributed by atoms with E-state index in [9.17, 15) is 9.59 Å². The quantitative estimate of drug-likeness (QED) is 0.594. The Bertz CT molecular complexity index is 442. The average Bonchev–Trinajstić information content (AvgIpc) is 2.85. The van der Waals surface area contributed by atoms with Gasteiger partial charge in [-0.15, -0.1) is 5.10 Å². The standard InChI is InChI=1S/C9H14N6O2/c1-5(16)11-6-2-3-15(4-6)8(17)7-12-9(10)14-13-7/h6H,2-4H2,1H3,(H,11,16)(H3,10,12,13,14). The van der Waals surface area contributed by atoms with Gasteiger partial charge in [0.25, 0.3) is 5.91 Å². The van der Waals surface area contributed by atoms with Gasteiger partial charge in [-0.25, -0.2) is 0 Å². The molecule has 1 aromatic heterocycles. The highest BCUT2D eigenvalue weighted by Gasteiger charge is 2.28. The van der Waals surface area contributed by atoms with Crippen molar-refractivity contribution in [3.8, 4) is 0 Å². The normalized spacial score (nSPS) is 19.4. The first kappa shape index (κ1) is 11.4. The number of aromatic nitrogens is 3. The number of carbonyl (C=O) groups excluding carboxylic acids is 2. The van der Waals surface area contributed by atoms with Crippen molar-refractivity contribution in [3.05, 3.63) is 5.82 Å². The van der Waals surface area contributed by atoms with Crippen LogP contribution >= 0.6 is 0 Å². The summed E-state index contributed by atoms with van der Waals surface area (Å²) in [6.07, 6.45) is 0.745. The van der Waals surface area contributed by atoms with Crippen molar-refractivity contribution in [2.45, 2.75) is 19.4 Å². The highest BCUT2D eigenvalue weighted by Crippen LogP contribution is 2.11. The number of H-pyrrole nitrogens is 1. The second-order valence-corrected chi connectivity index (χ2v) is 3.98. The number of nitrogens with two attached hydrogens (primary N) is 1. The maximum absolute atomic E-state index is 11.9. The molecule has 1 aromatic rings. The third-order valence-electron chi connectivity index (χ3n) is 2.59. The van der Waals surface area contributed by atoms with Gasteiger partial charge in [-0.05, 0) is 6.42 Å². The number of hydrogen-bond donors (Lipinski definition) is 3. The largest absolute Gasteiger partial charge is 0.366 e. The molecule has 0 saturated carbocycles. The van der Waals surface area contributed by atoms with E-state index in [0.29, 0.717) is 13.1 Å². The van der Waals surface area contributed by atoms with E-state index in [1.807, 2.05) is 0 Å². The molecular weight excluding hydrogens is 224 g/mol. The summed E-state index contributed by atoms with van der Waals surface area (Å²) in [7, 11) is 0. The predicted molar refractivity (Wildman–Crippen MR) is 58.9 cm³/mol. The molecule has 4 N–H and O–H groups in total. The molecule has 8 heteroatoms. The number of carbonyl (C=O) groups is 2. The third kappa shape index (κ3) is 2.52. The molecule has 1 aliphatic heterocycles. The van der Waals surface area contributed by atoms with Crippen LogP contribution in [-0.2, 0) is 4.79 Å². The number of hydrogen-bond acceptors (Lipinski definition) is 5. The van der Waals surface area contributed by atoms with Gasteiger partial charge in [0.05, 0.1) is 0 Å². The molecule has 2 amide bonds. The topological polar surface area (TPSA) is 117 Å². The van der Waals surface area contributed by atoms with Crippen LogP contribution in [0.1, 0.15) is 24.0 Å². The van der Waals surface area contributed by atoms with Gasteiger partial charge in [0.1, 0.15) is 0 Å². The highest BCUT2D eigenvalue weighted by molar-refractivity contribution is 5.91. The Balaban J connectivity index is 1.96. The lowest BCUT2D eigenvalue weighted by atomic mass is 10.3. The summed E-state index contributed by atoms with van der Waals surface area (Å²) >= 11 is 0. The fraction of sp³-hybridized carbons (Fsp3) is 0.556. The number of aromatic amines is 1. The van der Waals surface area contributed by atoms with Gasteiger partial charge in [0.2, 0.25) is 17.7 Å². The Morgan fingerprint density at radius 3 is 2.94 bits per heavy atom. The zero-order chi connectivity index (χ0) is 12.4. The number of nitrogens with one attached hydrogen (secondary N) is 2. The van der Waals surface area contributed by atoms with Gasteiger partial charge >= 0.3 is 0 Å². The molecule has 17 heavy (non-hydrogen) atoms. The minimum Gasteiger partial charge on any atom is -0.366 e. The Hall–Kier alpha value is -2.12. The van der Waals surface area contributed by atoms with Crippen molar-refractivity contribution in [3.63, 3.8) is 0 Å². The van der Waals surface area contributed by atoms with Crippen LogP contribution in [0, 0.1) is 0 Å². The van der Waals surface area contributed by atoms with E-state index in [-0.39, 0.29) is 29.6 Å². The first-order valence-corrected chi connectivity index (χ1v) is 5.30. The second kappa shape index (κ2) is 4.40. The van der Waals surface area contributed by atoms with Crippen LogP contribution < -0.4 is 11.1 Å². The minimum absolute atomic E-state index is 0.0109. The Morgan fingerprint density at radius 1 is 1.59 bits per heavy atom. The van der Waals surface area contributed by atoms with Gasteiger partial charge in [-0.2, -0.15) is 4.98 Å². The first-order valence-electron chi connectivity index (χ1n) is 5.30. The van der Waals surface area contributed by atoms with E-state index in [2.05, 4.69) is 20.5 Å². The number of likely N-dealkylation sites (tertiary alicyclic amines) is 1. The molecule has 1 atom stereocenters. The zero-order valence-corrected chi connectivity index (χ0v) is 9.43. The van der Waals surface area contributed by atoms with Crippen LogP contribution in [0.2, 0.25) is 0 Å². The molecule has 92 valence electrons. The summed E-state index contributed by atoms with van der Waals surface area (Å²) in [4.78, 5) is 28.2. The molecule has 1 fully saturated rings. The fourth-order valence-corrected chi connectivity index (χ4v) is 1.87. The monoisotopic (exact) mass is 238 g/mol. The molecule has 8 nitrogen and oxygen atoms in total. The highest BCUT2D eigenvalue weighted by atomic mass is 16.2. The molecule has 0 bridgehead atoms. The van der Waals surface area contributed by atoms with E-state index >= 15 is 0 Å². The van der Waals surface area contributed by atoms with Gasteiger partial charge in [0, 0.05) is 26.1 Å². The maximum atomic E-state index is 11.9. The lowest BCUT2D eigenvalue weighted by Gasteiger charge is -2.14. The Morgan fingerprint density at radius 2 is 2.35 bits per heavy atom. The summed E-state index contributed by atoms with van der Waals surface area (Å²) in [6, 6.07) is 0.0109. The Labute approximate surface area is 97.6 Å². The van der Waals surface area contributed by atoms with Crippen LogP contribution in [0.4, 0.5) is 5.95 Å². The number of rotatable bonds is 2. The van der Waals surface area contributed by atoms with Crippen molar-refractivity contribution in [2.24, 2.45) is 0 Å². The Kier molecular flexibility index (Phi) is 2.94. The molecule has 1 saturated heterocycles. The fourth-order valence-electron chi connectivity index (χ4n) is 1.87. The van der Waals surface area contributed by atoms with Crippen LogP contribution in [-0.4, -0.2) is 51.0 Å². The number of nitrogens with zero attached hydrogens (tertiary/aromatic N) is 3. The number of nitrogen functional groups attached to an aromatic ring is 1. The molecule has 0 aliphatic carbocycles. The van der Waals surface area contributed by atoms with Crippen LogP contribution in [0.3, 0.4) is 0 Å². The van der Waals surface area contributed by atoms with Crippen molar-refractivity contribution >= 4 is 17.8 Å². The zero-order valence-electron chi connectivity index (χ0n) is 9.43. The van der Waals surface area contributed by atoms with Gasteiger partial charge < -0.3 is 16.0 Å². The van der Waals surface area contributed by atoms with Gasteiger partial charge in [-0.1, -0.05) is 0 Å². The summed E-state index contributed by atoms with van der Waals surface area (Å²) < 4.78 is 0. The second-order valence-electron chi connectivity index (χ2n) is 3.98. The molecule has 0 spiro atoms. The minimum atomic E-state index is -0.248. The molecule has 1 unspecified atom stereocenters. The molecule has 2 heterocycles. The lowest BCUT2D eigenvalue weighted by Crippen LogP contribution is -2.37. The van der Waals surface area contributed by atoms with E-state index in [1.165, 1.54) is 6.92 Å². The van der Waals surface area contributed by atoms with Crippen molar-refractivity contribution in [2.75, 3.05) is 18.8 Å². The average molecular weight is 238 g/mol. The van der Waals surface area contributed by atoms with E-state index < -0.39 is 0 Å². The van der Waals surface area contributed by atoms with Crippen molar-refractivity contribution in [1.29, 1.82) is 0 Å².